The maximum Gasteiger partial charge on any atom is 0.138 e. The second kappa shape index (κ2) is 10.6. The Morgan fingerprint density at radius 1 is 0.714 bits per heavy atom. The lowest BCUT2D eigenvalue weighted by Gasteiger charge is -2.45. The van der Waals surface area contributed by atoms with Crippen LogP contribution in [0.3, 0.4) is 0 Å². The molecule has 5 aromatic rings. The minimum absolute atomic E-state index is 0.176. The Labute approximate surface area is 249 Å². The van der Waals surface area contributed by atoms with Gasteiger partial charge in [0.05, 0.1) is 0 Å². The zero-order chi connectivity index (χ0) is 29.5. The third-order valence-electron chi connectivity index (χ3n) is 8.81. The van der Waals surface area contributed by atoms with Crippen molar-refractivity contribution in [1.82, 2.24) is 0 Å². The molecule has 212 valence electrons. The van der Waals surface area contributed by atoms with Gasteiger partial charge >= 0.3 is 0 Å². The molecule has 42 heavy (non-hydrogen) atoms. The van der Waals surface area contributed by atoms with Crippen molar-refractivity contribution < 1.29 is 14.4 Å². The molecule has 0 amide bonds. The van der Waals surface area contributed by atoms with Crippen LogP contribution in [0.15, 0.2) is 121 Å². The summed E-state index contributed by atoms with van der Waals surface area (Å²) in [5.74, 6) is 0.955. The fourth-order valence-electron chi connectivity index (χ4n) is 6.34. The quantitative estimate of drug-likeness (QED) is 0.156. The van der Waals surface area contributed by atoms with E-state index in [0.717, 1.165) is 56.4 Å². The van der Waals surface area contributed by atoms with Crippen LogP contribution in [-0.2, 0) is 15.9 Å². The van der Waals surface area contributed by atoms with Gasteiger partial charge in [-0.05, 0) is 84.8 Å². The van der Waals surface area contributed by atoms with E-state index in [0.29, 0.717) is 6.16 Å². The maximum atomic E-state index is 16.5. The summed E-state index contributed by atoms with van der Waals surface area (Å²) in [4.78, 5) is 0. The summed E-state index contributed by atoms with van der Waals surface area (Å²) < 4.78 is 22.8. The van der Waals surface area contributed by atoms with Gasteiger partial charge < -0.3 is 14.4 Å². The standard InChI is InChI=1S/C38H37O3P/c1-5-37(3,4)41-33-24-20-31(21-25-33)38(29-16-14-27(2)15-17-29,30-18-22-32(39)23-19-30)42(40)26-28-10-6-7-11-34(28)35-12-8-9-13-36(35)42/h6-25,39H,5,26H2,1-4H3. The summed E-state index contributed by atoms with van der Waals surface area (Å²) in [7, 11) is -3.36. The molecule has 1 N–H and O–H groups in total. The van der Waals surface area contributed by atoms with Crippen LogP contribution in [0.5, 0.6) is 11.5 Å². The minimum atomic E-state index is -3.36. The first-order valence-electron chi connectivity index (χ1n) is 14.6. The van der Waals surface area contributed by atoms with E-state index in [1.165, 1.54) is 0 Å². The summed E-state index contributed by atoms with van der Waals surface area (Å²) in [5.41, 5.74) is 6.83. The first kappa shape index (κ1) is 28.1. The fourth-order valence-corrected chi connectivity index (χ4v) is 10.5. The molecule has 0 aromatic heterocycles. The average molecular weight is 573 g/mol. The summed E-state index contributed by atoms with van der Waals surface area (Å²) in [6, 6.07) is 40.4. The molecular formula is C38H37O3P. The topological polar surface area (TPSA) is 46.5 Å². The van der Waals surface area contributed by atoms with Crippen LogP contribution in [0.1, 0.15) is 55.0 Å². The Kier molecular flexibility index (Phi) is 7.11. The average Bonchev–Trinajstić information content (AvgIpc) is 3.00. The van der Waals surface area contributed by atoms with Gasteiger partial charge in [0.1, 0.15) is 29.4 Å². The van der Waals surface area contributed by atoms with E-state index in [9.17, 15) is 5.11 Å². The van der Waals surface area contributed by atoms with Gasteiger partial charge in [-0.2, -0.15) is 0 Å². The van der Waals surface area contributed by atoms with Crippen molar-refractivity contribution in [2.75, 3.05) is 0 Å². The van der Waals surface area contributed by atoms with E-state index in [1.54, 1.807) is 12.1 Å². The number of aromatic hydroxyl groups is 1. The molecule has 1 aliphatic rings. The number of hydrogen-bond donors (Lipinski definition) is 1. The van der Waals surface area contributed by atoms with Gasteiger partial charge in [-0.15, -0.1) is 0 Å². The van der Waals surface area contributed by atoms with Crippen LogP contribution in [0.25, 0.3) is 11.1 Å². The Morgan fingerprint density at radius 3 is 1.86 bits per heavy atom. The number of hydrogen-bond acceptors (Lipinski definition) is 3. The molecule has 4 heteroatoms. The Morgan fingerprint density at radius 2 is 1.24 bits per heavy atom. The lowest BCUT2D eigenvalue weighted by Crippen LogP contribution is -2.36. The van der Waals surface area contributed by atoms with E-state index in [-0.39, 0.29) is 11.4 Å². The number of fused-ring (bicyclic) bond motifs is 3. The molecule has 2 atom stereocenters. The van der Waals surface area contributed by atoms with E-state index in [2.05, 4.69) is 94.4 Å². The molecule has 2 unspecified atom stereocenters. The Bertz CT molecular complexity index is 1720. The van der Waals surface area contributed by atoms with Gasteiger partial charge in [-0.25, -0.2) is 0 Å². The molecule has 6 rings (SSSR count). The van der Waals surface area contributed by atoms with E-state index in [4.69, 9.17) is 4.74 Å². The molecule has 0 bridgehead atoms. The van der Waals surface area contributed by atoms with Crippen molar-refractivity contribution in [3.8, 4) is 22.6 Å². The zero-order valence-corrected chi connectivity index (χ0v) is 25.6. The number of rotatable bonds is 7. The van der Waals surface area contributed by atoms with Gasteiger partial charge in [0.25, 0.3) is 0 Å². The zero-order valence-electron chi connectivity index (χ0n) is 24.7. The highest BCUT2D eigenvalue weighted by atomic mass is 31.2. The van der Waals surface area contributed by atoms with Crippen molar-refractivity contribution in [1.29, 1.82) is 0 Å². The monoisotopic (exact) mass is 572 g/mol. The van der Waals surface area contributed by atoms with Crippen molar-refractivity contribution in [2.24, 2.45) is 0 Å². The lowest BCUT2D eigenvalue weighted by atomic mass is 9.83. The minimum Gasteiger partial charge on any atom is -0.508 e. The van der Waals surface area contributed by atoms with E-state index in [1.807, 2.05) is 42.5 Å². The fraction of sp³-hybridized carbons (Fsp3) is 0.211. The Hall–Kier alpha value is -4.07. The summed E-state index contributed by atoms with van der Waals surface area (Å²) >= 11 is 0. The largest absolute Gasteiger partial charge is 0.508 e. The summed E-state index contributed by atoms with van der Waals surface area (Å²) in [6.45, 7) is 8.36. The molecule has 0 radical (unpaired) electrons. The van der Waals surface area contributed by atoms with Crippen molar-refractivity contribution in [2.45, 2.75) is 51.0 Å². The molecule has 1 aliphatic heterocycles. The van der Waals surface area contributed by atoms with Crippen LogP contribution in [0.2, 0.25) is 0 Å². The van der Waals surface area contributed by atoms with Crippen LogP contribution < -0.4 is 10.0 Å². The summed E-state index contributed by atoms with van der Waals surface area (Å²) in [5, 5.41) is 10.2. The van der Waals surface area contributed by atoms with Crippen molar-refractivity contribution in [3.63, 3.8) is 0 Å². The van der Waals surface area contributed by atoms with Crippen LogP contribution >= 0.6 is 7.14 Å². The number of benzene rings is 5. The first-order chi connectivity index (χ1) is 20.2. The van der Waals surface area contributed by atoms with Gasteiger partial charge in [0, 0.05) is 11.5 Å². The number of aryl methyl sites for hydroxylation is 1. The molecule has 0 spiro atoms. The molecule has 0 saturated carbocycles. The van der Waals surface area contributed by atoms with Gasteiger partial charge in [0.2, 0.25) is 0 Å². The molecule has 0 saturated heterocycles. The highest BCUT2D eigenvalue weighted by molar-refractivity contribution is 7.73. The molecule has 1 heterocycles. The summed E-state index contributed by atoms with van der Waals surface area (Å²) in [6.07, 6.45) is 1.29. The highest BCUT2D eigenvalue weighted by Crippen LogP contribution is 2.72. The maximum absolute atomic E-state index is 16.5. The highest BCUT2D eigenvalue weighted by Gasteiger charge is 2.55. The number of phenols is 1. The third-order valence-corrected chi connectivity index (χ3v) is 12.6. The second-order valence-corrected chi connectivity index (χ2v) is 14.9. The predicted molar refractivity (Wildman–Crippen MR) is 173 cm³/mol. The van der Waals surface area contributed by atoms with Crippen LogP contribution in [0.4, 0.5) is 0 Å². The van der Waals surface area contributed by atoms with Crippen molar-refractivity contribution in [3.05, 3.63) is 149 Å². The van der Waals surface area contributed by atoms with Crippen molar-refractivity contribution >= 4 is 12.4 Å². The molecule has 3 nitrogen and oxygen atoms in total. The molecule has 5 aromatic carbocycles. The van der Waals surface area contributed by atoms with Gasteiger partial charge in [-0.1, -0.05) is 110 Å². The van der Waals surface area contributed by atoms with Crippen LogP contribution in [0, 0.1) is 6.92 Å². The smallest absolute Gasteiger partial charge is 0.138 e. The van der Waals surface area contributed by atoms with E-state index >= 15 is 4.57 Å². The first-order valence-corrected chi connectivity index (χ1v) is 16.5. The molecule has 0 fully saturated rings. The van der Waals surface area contributed by atoms with Crippen LogP contribution in [-0.4, -0.2) is 10.7 Å². The normalized spacial score (nSPS) is 17.5. The lowest BCUT2D eigenvalue weighted by molar-refractivity contribution is 0.105. The SMILES string of the molecule is CCC(C)(C)Oc1ccc(C(c2ccc(C)cc2)(c2ccc(O)cc2)P2(=O)Cc3ccccc3-c3ccccc32)cc1. The Balaban J connectivity index is 1.70. The van der Waals surface area contributed by atoms with Gasteiger partial charge in [-0.3, -0.25) is 0 Å². The predicted octanol–water partition coefficient (Wildman–Crippen LogP) is 9.43. The second-order valence-electron chi connectivity index (χ2n) is 11.9. The number of ether oxygens (including phenoxy) is 1. The van der Waals surface area contributed by atoms with E-state index < -0.39 is 12.3 Å². The third kappa shape index (κ3) is 4.57. The molecular weight excluding hydrogens is 535 g/mol. The number of phenolic OH excluding ortho intramolecular Hbond substituents is 1. The van der Waals surface area contributed by atoms with Gasteiger partial charge in [0.15, 0.2) is 0 Å². The molecule has 0 aliphatic carbocycles.